The maximum Gasteiger partial charge on any atom is 0.276 e. The van der Waals surface area contributed by atoms with Gasteiger partial charge in [-0.1, -0.05) is 25.1 Å². The number of hydrogen-bond acceptors (Lipinski definition) is 4. The maximum absolute atomic E-state index is 13.1. The average Bonchev–Trinajstić information content (AvgIpc) is 2.74. The van der Waals surface area contributed by atoms with Crippen LogP contribution < -0.4 is 4.90 Å². The van der Waals surface area contributed by atoms with Crippen molar-refractivity contribution in [3.05, 3.63) is 59.4 Å². The molecule has 0 bridgehead atoms. The Labute approximate surface area is 166 Å². The van der Waals surface area contributed by atoms with Crippen LogP contribution in [0.15, 0.2) is 42.5 Å². The highest BCUT2D eigenvalue weighted by molar-refractivity contribution is 6.05. The van der Waals surface area contributed by atoms with Gasteiger partial charge in [-0.05, 0) is 50.2 Å². The zero-order chi connectivity index (χ0) is 20.1. The van der Waals surface area contributed by atoms with Gasteiger partial charge in [-0.2, -0.15) is 0 Å². The van der Waals surface area contributed by atoms with E-state index in [1.807, 2.05) is 43.0 Å². The first-order valence-corrected chi connectivity index (χ1v) is 9.90. The lowest BCUT2D eigenvalue weighted by Gasteiger charge is -2.33. The molecule has 0 radical (unpaired) electrons. The van der Waals surface area contributed by atoms with Crippen LogP contribution in [0.1, 0.15) is 40.4 Å². The fraction of sp³-hybridized carbons (Fsp3) is 0.409. The van der Waals surface area contributed by atoms with E-state index in [1.165, 1.54) is 0 Å². The van der Waals surface area contributed by atoms with Crippen molar-refractivity contribution in [2.45, 2.75) is 20.8 Å². The molecular weight excluding hydrogens is 352 g/mol. The van der Waals surface area contributed by atoms with Crippen LogP contribution in [0.4, 0.5) is 5.69 Å². The van der Waals surface area contributed by atoms with Crippen molar-refractivity contribution in [2.24, 2.45) is 0 Å². The van der Waals surface area contributed by atoms with Crippen LogP contribution in [-0.4, -0.2) is 65.9 Å². The summed E-state index contributed by atoms with van der Waals surface area (Å²) in [6, 6.07) is 12.9. The van der Waals surface area contributed by atoms with Crippen LogP contribution >= 0.6 is 0 Å². The second kappa shape index (κ2) is 8.97. The Kier molecular flexibility index (Phi) is 6.41. The third-order valence-electron chi connectivity index (χ3n) is 5.17. The van der Waals surface area contributed by atoms with Gasteiger partial charge in [-0.25, -0.2) is 4.98 Å². The SMILES string of the molecule is CCN1CCN(C(=O)c2cccc(C(=O)N(CC)c3cccc(C)c3)n2)CC1. The van der Waals surface area contributed by atoms with Gasteiger partial charge in [0.15, 0.2) is 0 Å². The van der Waals surface area contributed by atoms with E-state index in [2.05, 4.69) is 16.8 Å². The fourth-order valence-corrected chi connectivity index (χ4v) is 3.48. The summed E-state index contributed by atoms with van der Waals surface area (Å²) in [6.45, 7) is 10.7. The molecule has 2 amide bonds. The van der Waals surface area contributed by atoms with Gasteiger partial charge in [0.05, 0.1) is 0 Å². The summed E-state index contributed by atoms with van der Waals surface area (Å²) in [5.74, 6) is -0.303. The maximum atomic E-state index is 13.1. The molecule has 0 saturated carbocycles. The summed E-state index contributed by atoms with van der Waals surface area (Å²) >= 11 is 0. The summed E-state index contributed by atoms with van der Waals surface area (Å²) < 4.78 is 0. The molecule has 2 aromatic rings. The van der Waals surface area contributed by atoms with Crippen LogP contribution in [0.5, 0.6) is 0 Å². The number of nitrogens with zero attached hydrogens (tertiary/aromatic N) is 4. The Morgan fingerprint density at radius 3 is 2.32 bits per heavy atom. The highest BCUT2D eigenvalue weighted by Crippen LogP contribution is 2.18. The highest BCUT2D eigenvalue weighted by Gasteiger charge is 2.24. The largest absolute Gasteiger partial charge is 0.335 e. The predicted octanol–water partition coefficient (Wildman–Crippen LogP) is 2.83. The number of benzene rings is 1. The van der Waals surface area contributed by atoms with E-state index in [1.54, 1.807) is 23.1 Å². The number of amides is 2. The zero-order valence-electron chi connectivity index (χ0n) is 16.9. The van der Waals surface area contributed by atoms with Crippen LogP contribution in [0.3, 0.4) is 0 Å². The molecule has 1 aliphatic heterocycles. The molecular formula is C22H28N4O2. The normalized spacial score (nSPS) is 14.8. The zero-order valence-corrected chi connectivity index (χ0v) is 16.9. The summed E-state index contributed by atoms with van der Waals surface area (Å²) in [7, 11) is 0. The van der Waals surface area contributed by atoms with Gasteiger partial charge in [-0.15, -0.1) is 0 Å². The number of pyridine rings is 1. The Morgan fingerprint density at radius 1 is 1.00 bits per heavy atom. The fourth-order valence-electron chi connectivity index (χ4n) is 3.48. The number of aryl methyl sites for hydroxylation is 1. The van der Waals surface area contributed by atoms with Crippen molar-refractivity contribution in [3.63, 3.8) is 0 Å². The minimum absolute atomic E-state index is 0.107. The molecule has 1 aromatic heterocycles. The third kappa shape index (κ3) is 4.39. The molecule has 0 N–H and O–H groups in total. The smallest absolute Gasteiger partial charge is 0.276 e. The summed E-state index contributed by atoms with van der Waals surface area (Å²) in [6.07, 6.45) is 0. The van der Waals surface area contributed by atoms with Crippen molar-refractivity contribution in [3.8, 4) is 0 Å². The van der Waals surface area contributed by atoms with E-state index in [4.69, 9.17) is 0 Å². The quantitative estimate of drug-likeness (QED) is 0.800. The molecule has 1 aromatic carbocycles. The van der Waals surface area contributed by atoms with Crippen molar-refractivity contribution in [2.75, 3.05) is 44.2 Å². The van der Waals surface area contributed by atoms with Crippen molar-refractivity contribution in [1.82, 2.24) is 14.8 Å². The molecule has 1 aliphatic rings. The summed E-state index contributed by atoms with van der Waals surface area (Å²) in [5.41, 5.74) is 2.55. The van der Waals surface area contributed by atoms with Gasteiger partial charge in [0.25, 0.3) is 11.8 Å². The molecule has 0 aliphatic carbocycles. The Hall–Kier alpha value is -2.73. The van der Waals surface area contributed by atoms with E-state index >= 15 is 0 Å². The van der Waals surface area contributed by atoms with Crippen LogP contribution in [0.25, 0.3) is 0 Å². The highest BCUT2D eigenvalue weighted by atomic mass is 16.2. The van der Waals surface area contributed by atoms with E-state index in [0.29, 0.717) is 31.0 Å². The Bertz CT molecular complexity index is 844. The van der Waals surface area contributed by atoms with Gasteiger partial charge in [-0.3, -0.25) is 9.59 Å². The molecule has 2 heterocycles. The first-order chi connectivity index (χ1) is 13.5. The van der Waals surface area contributed by atoms with Crippen molar-refractivity contribution >= 4 is 17.5 Å². The van der Waals surface area contributed by atoms with Gasteiger partial charge < -0.3 is 14.7 Å². The van der Waals surface area contributed by atoms with E-state index < -0.39 is 0 Å². The van der Waals surface area contributed by atoms with Crippen LogP contribution in [0, 0.1) is 6.92 Å². The summed E-state index contributed by atoms with van der Waals surface area (Å²) in [4.78, 5) is 36.1. The first-order valence-electron chi connectivity index (χ1n) is 9.90. The van der Waals surface area contributed by atoms with Crippen LogP contribution in [-0.2, 0) is 0 Å². The monoisotopic (exact) mass is 380 g/mol. The molecule has 28 heavy (non-hydrogen) atoms. The first kappa shape index (κ1) is 20.0. The third-order valence-corrected chi connectivity index (χ3v) is 5.17. The summed E-state index contributed by atoms with van der Waals surface area (Å²) in [5, 5.41) is 0. The Balaban J connectivity index is 1.78. The van der Waals surface area contributed by atoms with Crippen LogP contribution in [0.2, 0.25) is 0 Å². The van der Waals surface area contributed by atoms with E-state index in [9.17, 15) is 9.59 Å². The van der Waals surface area contributed by atoms with E-state index in [-0.39, 0.29) is 11.8 Å². The number of piperazine rings is 1. The number of anilines is 1. The van der Waals surface area contributed by atoms with Gasteiger partial charge in [0.2, 0.25) is 0 Å². The Morgan fingerprint density at radius 2 is 1.68 bits per heavy atom. The molecule has 0 spiro atoms. The topological polar surface area (TPSA) is 56.8 Å². The number of hydrogen-bond donors (Lipinski definition) is 0. The number of carbonyl (C=O) groups excluding carboxylic acids is 2. The second-order valence-electron chi connectivity index (χ2n) is 7.02. The minimum atomic E-state index is -0.196. The van der Waals surface area contributed by atoms with Crippen molar-refractivity contribution < 1.29 is 9.59 Å². The predicted molar refractivity (Wildman–Crippen MR) is 111 cm³/mol. The molecule has 6 nitrogen and oxygen atoms in total. The molecule has 3 rings (SSSR count). The number of likely N-dealkylation sites (N-methyl/N-ethyl adjacent to an activating group) is 1. The number of aromatic nitrogens is 1. The minimum Gasteiger partial charge on any atom is -0.335 e. The molecule has 6 heteroatoms. The molecule has 1 fully saturated rings. The lowest BCUT2D eigenvalue weighted by Crippen LogP contribution is -2.48. The molecule has 1 saturated heterocycles. The lowest BCUT2D eigenvalue weighted by atomic mass is 10.2. The van der Waals surface area contributed by atoms with E-state index in [0.717, 1.165) is 30.9 Å². The standard InChI is InChI=1S/C22H28N4O2/c1-4-24-12-14-25(15-13-24)21(27)19-10-7-11-20(23-19)22(28)26(5-2)18-9-6-8-17(3)16-18/h6-11,16H,4-5,12-15H2,1-3H3. The molecule has 148 valence electrons. The second-order valence-corrected chi connectivity index (χ2v) is 7.02. The number of rotatable bonds is 5. The van der Waals surface area contributed by atoms with Gasteiger partial charge >= 0.3 is 0 Å². The van der Waals surface area contributed by atoms with Gasteiger partial charge in [0.1, 0.15) is 11.4 Å². The number of carbonyl (C=O) groups is 2. The average molecular weight is 380 g/mol. The lowest BCUT2D eigenvalue weighted by molar-refractivity contribution is 0.0637. The molecule has 0 unspecified atom stereocenters. The molecule has 0 atom stereocenters. The van der Waals surface area contributed by atoms with Crippen molar-refractivity contribution in [1.29, 1.82) is 0 Å². The van der Waals surface area contributed by atoms with Gasteiger partial charge in [0, 0.05) is 38.4 Å².